The van der Waals surface area contributed by atoms with Crippen LogP contribution in [0.15, 0.2) is 18.2 Å². The van der Waals surface area contributed by atoms with Crippen LogP contribution in [-0.4, -0.2) is 24.6 Å². The Morgan fingerprint density at radius 1 is 1.38 bits per heavy atom. The van der Waals surface area contributed by atoms with E-state index in [4.69, 9.17) is 33.8 Å². The fraction of sp³-hybridized carbons (Fsp3) is 0.300. The topological polar surface area (TPSA) is 55.6 Å². The average Bonchev–Trinajstić information content (AvgIpc) is 2.15. The van der Waals surface area contributed by atoms with Crippen molar-refractivity contribution in [1.82, 2.24) is 5.01 Å². The van der Waals surface area contributed by atoms with Crippen LogP contribution >= 0.6 is 23.2 Å². The molecule has 0 saturated heterocycles. The van der Waals surface area contributed by atoms with Gasteiger partial charge in [-0.1, -0.05) is 23.2 Å². The summed E-state index contributed by atoms with van der Waals surface area (Å²) in [6.07, 6.45) is 0.205. The van der Waals surface area contributed by atoms with Gasteiger partial charge in [0.2, 0.25) is 5.91 Å². The van der Waals surface area contributed by atoms with Crippen LogP contribution in [0.3, 0.4) is 0 Å². The van der Waals surface area contributed by atoms with Crippen molar-refractivity contribution in [2.45, 2.75) is 6.42 Å². The quantitative estimate of drug-likeness (QED) is 0.514. The number of rotatable bonds is 4. The summed E-state index contributed by atoms with van der Waals surface area (Å²) in [6, 6.07) is 4.86. The molecule has 0 aliphatic heterocycles. The van der Waals surface area contributed by atoms with Gasteiger partial charge in [0, 0.05) is 17.1 Å². The van der Waals surface area contributed by atoms with Crippen molar-refractivity contribution in [3.05, 3.63) is 28.2 Å². The minimum absolute atomic E-state index is 0.201. The third-order valence-electron chi connectivity index (χ3n) is 1.81. The van der Waals surface area contributed by atoms with Crippen molar-refractivity contribution < 1.29 is 9.53 Å². The van der Waals surface area contributed by atoms with Gasteiger partial charge in [-0.25, -0.2) is 5.84 Å². The summed E-state index contributed by atoms with van der Waals surface area (Å²) in [4.78, 5) is 11.1. The molecule has 0 atom stereocenters. The molecule has 6 heteroatoms. The first-order valence-corrected chi connectivity index (χ1v) is 5.35. The van der Waals surface area contributed by atoms with Crippen LogP contribution in [0.2, 0.25) is 10.0 Å². The van der Waals surface area contributed by atoms with Crippen LogP contribution in [0, 0.1) is 0 Å². The Bertz CT molecular complexity index is 363. The van der Waals surface area contributed by atoms with Gasteiger partial charge in [-0.2, -0.15) is 0 Å². The maximum Gasteiger partial charge on any atom is 0.239 e. The van der Waals surface area contributed by atoms with Gasteiger partial charge < -0.3 is 4.74 Å². The van der Waals surface area contributed by atoms with Crippen LogP contribution in [0.4, 0.5) is 0 Å². The standard InChI is InChI=1S/C10H12Cl2N2O2/c1-14(13)10(15)2-3-16-9-5-7(11)4-8(12)6-9/h4-6H,2-3,13H2,1H3. The van der Waals surface area contributed by atoms with Crippen molar-refractivity contribution in [1.29, 1.82) is 0 Å². The number of halogens is 2. The van der Waals surface area contributed by atoms with Gasteiger partial charge in [0.15, 0.2) is 0 Å². The molecule has 0 saturated carbocycles. The molecule has 16 heavy (non-hydrogen) atoms. The highest BCUT2D eigenvalue weighted by Gasteiger charge is 2.05. The summed E-state index contributed by atoms with van der Waals surface area (Å²) < 4.78 is 5.32. The van der Waals surface area contributed by atoms with Crippen molar-refractivity contribution >= 4 is 29.1 Å². The minimum Gasteiger partial charge on any atom is -0.493 e. The fourth-order valence-corrected chi connectivity index (χ4v) is 1.55. The number of hydrogen-bond donors (Lipinski definition) is 1. The molecule has 0 bridgehead atoms. The Hall–Kier alpha value is -0.970. The van der Waals surface area contributed by atoms with Gasteiger partial charge in [0.1, 0.15) is 5.75 Å². The molecule has 0 spiro atoms. The van der Waals surface area contributed by atoms with Crippen LogP contribution < -0.4 is 10.6 Å². The Morgan fingerprint density at radius 2 is 1.94 bits per heavy atom. The maximum absolute atomic E-state index is 11.1. The van der Waals surface area contributed by atoms with E-state index in [-0.39, 0.29) is 18.9 Å². The van der Waals surface area contributed by atoms with Gasteiger partial charge in [0.05, 0.1) is 13.0 Å². The van der Waals surface area contributed by atoms with Crippen molar-refractivity contribution in [3.63, 3.8) is 0 Å². The van der Waals surface area contributed by atoms with Gasteiger partial charge in [-0.15, -0.1) is 0 Å². The molecule has 1 aromatic rings. The third-order valence-corrected chi connectivity index (χ3v) is 2.25. The molecule has 0 aliphatic rings. The molecule has 2 N–H and O–H groups in total. The number of ether oxygens (including phenoxy) is 1. The number of carbonyl (C=O) groups excluding carboxylic acids is 1. The van der Waals surface area contributed by atoms with Crippen molar-refractivity contribution in [2.75, 3.05) is 13.7 Å². The first-order chi connectivity index (χ1) is 7.49. The summed E-state index contributed by atoms with van der Waals surface area (Å²) in [7, 11) is 1.48. The van der Waals surface area contributed by atoms with E-state index < -0.39 is 0 Å². The second-order valence-corrected chi connectivity index (χ2v) is 4.08. The van der Waals surface area contributed by atoms with E-state index in [1.807, 2.05) is 0 Å². The van der Waals surface area contributed by atoms with E-state index in [1.54, 1.807) is 18.2 Å². The second-order valence-electron chi connectivity index (χ2n) is 3.21. The number of hydrazine groups is 1. The van der Waals surface area contributed by atoms with Crippen molar-refractivity contribution in [2.24, 2.45) is 5.84 Å². The molecular weight excluding hydrogens is 251 g/mol. The SMILES string of the molecule is CN(N)C(=O)CCOc1cc(Cl)cc(Cl)c1. The number of amides is 1. The van der Waals surface area contributed by atoms with E-state index in [2.05, 4.69) is 0 Å². The number of benzene rings is 1. The zero-order valence-corrected chi connectivity index (χ0v) is 10.3. The molecule has 1 rings (SSSR count). The molecule has 1 aromatic carbocycles. The van der Waals surface area contributed by atoms with Crippen molar-refractivity contribution in [3.8, 4) is 5.75 Å². The number of nitrogens with zero attached hydrogens (tertiary/aromatic N) is 1. The van der Waals surface area contributed by atoms with Gasteiger partial charge >= 0.3 is 0 Å². The largest absolute Gasteiger partial charge is 0.493 e. The molecule has 0 aliphatic carbocycles. The molecule has 0 fully saturated rings. The van der Waals surface area contributed by atoms with E-state index in [0.29, 0.717) is 15.8 Å². The Labute approximate surface area is 104 Å². The summed E-state index contributed by atoms with van der Waals surface area (Å²) in [5.74, 6) is 5.58. The lowest BCUT2D eigenvalue weighted by atomic mass is 10.3. The lowest BCUT2D eigenvalue weighted by Crippen LogP contribution is -2.33. The van der Waals surface area contributed by atoms with Crippen LogP contribution in [0.1, 0.15) is 6.42 Å². The second kappa shape index (κ2) is 5.94. The molecule has 0 unspecified atom stereocenters. The molecule has 1 amide bonds. The molecule has 0 radical (unpaired) electrons. The fourth-order valence-electron chi connectivity index (χ4n) is 1.04. The lowest BCUT2D eigenvalue weighted by Gasteiger charge is -2.10. The Balaban J connectivity index is 2.46. The molecule has 88 valence electrons. The predicted octanol–water partition coefficient (Wildman–Crippen LogP) is 2.09. The Morgan fingerprint density at radius 3 is 2.44 bits per heavy atom. The summed E-state index contributed by atoms with van der Waals surface area (Å²) in [6.45, 7) is 0.233. The monoisotopic (exact) mass is 262 g/mol. The van der Waals surface area contributed by atoms with E-state index >= 15 is 0 Å². The highest BCUT2D eigenvalue weighted by molar-refractivity contribution is 6.34. The molecule has 0 heterocycles. The Kier molecular flexibility index (Phi) is 4.86. The van der Waals surface area contributed by atoms with Gasteiger partial charge in [-0.3, -0.25) is 9.80 Å². The summed E-state index contributed by atoms with van der Waals surface area (Å²) in [5.41, 5.74) is 0. The zero-order chi connectivity index (χ0) is 12.1. The average molecular weight is 263 g/mol. The highest BCUT2D eigenvalue weighted by atomic mass is 35.5. The number of hydrogen-bond acceptors (Lipinski definition) is 3. The molecule has 4 nitrogen and oxygen atoms in total. The minimum atomic E-state index is -0.201. The zero-order valence-electron chi connectivity index (χ0n) is 8.74. The normalized spacial score (nSPS) is 10.0. The summed E-state index contributed by atoms with van der Waals surface area (Å²) >= 11 is 11.6. The van der Waals surface area contributed by atoms with Crippen LogP contribution in [0.25, 0.3) is 0 Å². The van der Waals surface area contributed by atoms with Gasteiger partial charge in [0.25, 0.3) is 0 Å². The number of carbonyl (C=O) groups is 1. The predicted molar refractivity (Wildman–Crippen MR) is 63.5 cm³/mol. The van der Waals surface area contributed by atoms with Crippen LogP contribution in [0.5, 0.6) is 5.75 Å². The highest BCUT2D eigenvalue weighted by Crippen LogP contribution is 2.24. The van der Waals surface area contributed by atoms with E-state index in [9.17, 15) is 4.79 Å². The summed E-state index contributed by atoms with van der Waals surface area (Å²) in [5, 5.41) is 2.00. The smallest absolute Gasteiger partial charge is 0.239 e. The van der Waals surface area contributed by atoms with Gasteiger partial charge in [-0.05, 0) is 18.2 Å². The maximum atomic E-state index is 11.1. The molecule has 0 aromatic heterocycles. The first kappa shape index (κ1) is 13.1. The lowest BCUT2D eigenvalue weighted by molar-refractivity contribution is -0.130. The third kappa shape index (κ3) is 4.26. The van der Waals surface area contributed by atoms with E-state index in [0.717, 1.165) is 5.01 Å². The van der Waals surface area contributed by atoms with E-state index in [1.165, 1.54) is 7.05 Å². The first-order valence-electron chi connectivity index (χ1n) is 4.59. The number of nitrogens with two attached hydrogens (primary N) is 1. The molecular formula is C10H12Cl2N2O2. The van der Waals surface area contributed by atoms with Crippen LogP contribution in [-0.2, 0) is 4.79 Å².